The lowest BCUT2D eigenvalue weighted by molar-refractivity contribution is -0.137. The van der Waals surface area contributed by atoms with Crippen LogP contribution in [0.1, 0.15) is 24.2 Å². The predicted molar refractivity (Wildman–Crippen MR) is 80.1 cm³/mol. The molecule has 1 aromatic carbocycles. The highest BCUT2D eigenvalue weighted by atomic mass is 16.4. The van der Waals surface area contributed by atoms with Crippen molar-refractivity contribution in [3.63, 3.8) is 0 Å². The molecule has 21 heavy (non-hydrogen) atoms. The molecule has 0 unspecified atom stereocenters. The number of amides is 1. The highest BCUT2D eigenvalue weighted by Gasteiger charge is 2.21. The monoisotopic (exact) mass is 286 g/mol. The van der Waals surface area contributed by atoms with E-state index in [1.165, 1.54) is 4.90 Å². The summed E-state index contributed by atoms with van der Waals surface area (Å²) < 4.78 is 0. The number of benzene rings is 1. The number of rotatable bonds is 5. The van der Waals surface area contributed by atoms with Crippen molar-refractivity contribution in [2.24, 2.45) is 5.92 Å². The number of hydrogen-bond donors (Lipinski definition) is 1. The van der Waals surface area contributed by atoms with Crippen LogP contribution in [0, 0.1) is 5.92 Å². The van der Waals surface area contributed by atoms with Crippen LogP contribution in [0.4, 0.5) is 0 Å². The molecule has 0 radical (unpaired) electrons. The van der Waals surface area contributed by atoms with Crippen molar-refractivity contribution in [3.05, 3.63) is 42.1 Å². The van der Waals surface area contributed by atoms with Gasteiger partial charge in [-0.25, -0.2) is 0 Å². The average Bonchev–Trinajstić information content (AvgIpc) is 2.44. The third-order valence-corrected chi connectivity index (χ3v) is 3.07. The molecule has 0 atom stereocenters. The van der Waals surface area contributed by atoms with Gasteiger partial charge in [-0.05, 0) is 24.1 Å². The van der Waals surface area contributed by atoms with Crippen LogP contribution in [-0.2, 0) is 4.79 Å². The fourth-order valence-corrected chi connectivity index (χ4v) is 2.28. The lowest BCUT2D eigenvalue weighted by atomic mass is 10.1. The van der Waals surface area contributed by atoms with Gasteiger partial charge in [0.25, 0.3) is 5.91 Å². The first-order valence-corrected chi connectivity index (χ1v) is 6.84. The molecule has 0 bridgehead atoms. The summed E-state index contributed by atoms with van der Waals surface area (Å²) in [6, 6.07) is 8.89. The second-order valence-electron chi connectivity index (χ2n) is 5.35. The Hall–Kier alpha value is -2.43. The van der Waals surface area contributed by atoms with E-state index in [9.17, 15) is 9.59 Å². The Morgan fingerprint density at radius 1 is 1.24 bits per heavy atom. The Labute approximate surface area is 123 Å². The molecule has 1 N–H and O–H groups in total. The number of carboxylic acids is 1. The summed E-state index contributed by atoms with van der Waals surface area (Å²) in [6.45, 7) is 4.01. The molecule has 5 heteroatoms. The molecule has 2 aromatic rings. The van der Waals surface area contributed by atoms with Crippen LogP contribution in [0.5, 0.6) is 0 Å². The maximum atomic E-state index is 12.7. The molecule has 0 aliphatic heterocycles. The molecular formula is C16H18N2O3. The zero-order valence-corrected chi connectivity index (χ0v) is 12.1. The van der Waals surface area contributed by atoms with Gasteiger partial charge in [0, 0.05) is 23.7 Å². The second kappa shape index (κ2) is 6.35. The van der Waals surface area contributed by atoms with Crippen LogP contribution in [0.15, 0.2) is 36.5 Å². The van der Waals surface area contributed by atoms with Gasteiger partial charge in [-0.1, -0.05) is 26.0 Å². The molecule has 0 saturated carbocycles. The minimum Gasteiger partial charge on any atom is -0.480 e. The molecule has 110 valence electrons. The summed E-state index contributed by atoms with van der Waals surface area (Å²) in [4.78, 5) is 29.2. The Morgan fingerprint density at radius 2 is 2.00 bits per heavy atom. The van der Waals surface area contributed by atoms with E-state index in [2.05, 4.69) is 4.98 Å². The van der Waals surface area contributed by atoms with Gasteiger partial charge in [-0.3, -0.25) is 14.6 Å². The topological polar surface area (TPSA) is 70.5 Å². The van der Waals surface area contributed by atoms with E-state index >= 15 is 0 Å². The first-order chi connectivity index (χ1) is 9.99. The van der Waals surface area contributed by atoms with Crippen molar-refractivity contribution < 1.29 is 14.7 Å². The molecule has 0 spiro atoms. The van der Waals surface area contributed by atoms with Gasteiger partial charge >= 0.3 is 5.97 Å². The summed E-state index contributed by atoms with van der Waals surface area (Å²) in [6.07, 6.45) is 1.67. The number of carboxylic acid groups (broad SMARTS) is 1. The van der Waals surface area contributed by atoms with Gasteiger partial charge in [0.05, 0.1) is 5.52 Å². The van der Waals surface area contributed by atoms with Crippen LogP contribution in [0.3, 0.4) is 0 Å². The van der Waals surface area contributed by atoms with Gasteiger partial charge in [-0.15, -0.1) is 0 Å². The molecule has 2 rings (SSSR count). The van der Waals surface area contributed by atoms with E-state index in [0.29, 0.717) is 12.1 Å². The average molecular weight is 286 g/mol. The van der Waals surface area contributed by atoms with Crippen LogP contribution in [0.2, 0.25) is 0 Å². The number of fused-ring (bicyclic) bond motifs is 1. The van der Waals surface area contributed by atoms with Crippen molar-refractivity contribution in [1.29, 1.82) is 0 Å². The first-order valence-electron chi connectivity index (χ1n) is 6.84. The van der Waals surface area contributed by atoms with E-state index < -0.39 is 5.97 Å². The minimum atomic E-state index is -1.01. The number of carbonyl (C=O) groups is 2. The fraction of sp³-hybridized carbons (Fsp3) is 0.312. The zero-order chi connectivity index (χ0) is 15.4. The molecule has 0 aliphatic carbocycles. The summed E-state index contributed by atoms with van der Waals surface area (Å²) >= 11 is 0. The van der Waals surface area contributed by atoms with Crippen LogP contribution in [-0.4, -0.2) is 40.0 Å². The lowest BCUT2D eigenvalue weighted by Crippen LogP contribution is -2.38. The Balaban J connectivity index is 2.40. The lowest BCUT2D eigenvalue weighted by Gasteiger charge is -2.23. The maximum absolute atomic E-state index is 12.7. The zero-order valence-electron chi connectivity index (χ0n) is 12.1. The first kappa shape index (κ1) is 15.0. The van der Waals surface area contributed by atoms with Gasteiger partial charge in [-0.2, -0.15) is 0 Å². The van der Waals surface area contributed by atoms with E-state index in [0.717, 1.165) is 10.9 Å². The molecule has 0 saturated heterocycles. The smallest absolute Gasteiger partial charge is 0.323 e. The predicted octanol–water partition coefficient (Wildman–Crippen LogP) is 2.42. The minimum absolute atomic E-state index is 0.196. The second-order valence-corrected chi connectivity index (χ2v) is 5.35. The number of aliphatic carboxylic acids is 1. The largest absolute Gasteiger partial charge is 0.480 e. The standard InChI is InChI=1S/C16H18N2O3/c1-11(2)9-18(10-15(19)20)16(21)13-5-3-7-14-12(13)6-4-8-17-14/h3-8,11H,9-10H2,1-2H3,(H,19,20). The Bertz CT molecular complexity index is 662. The van der Waals surface area contributed by atoms with Crippen molar-refractivity contribution in [2.75, 3.05) is 13.1 Å². The van der Waals surface area contributed by atoms with Crippen LogP contribution < -0.4 is 0 Å². The summed E-state index contributed by atoms with van der Waals surface area (Å²) in [5.74, 6) is -1.09. The van der Waals surface area contributed by atoms with Gasteiger partial charge in [0.15, 0.2) is 0 Å². The Kier molecular flexibility index (Phi) is 4.52. The van der Waals surface area contributed by atoms with Gasteiger partial charge in [0.2, 0.25) is 0 Å². The van der Waals surface area contributed by atoms with Crippen molar-refractivity contribution in [3.8, 4) is 0 Å². The third-order valence-electron chi connectivity index (χ3n) is 3.07. The quantitative estimate of drug-likeness (QED) is 0.916. The summed E-state index contributed by atoms with van der Waals surface area (Å²) in [5, 5.41) is 9.74. The van der Waals surface area contributed by atoms with Crippen LogP contribution in [0.25, 0.3) is 10.9 Å². The fourth-order valence-electron chi connectivity index (χ4n) is 2.28. The SMILES string of the molecule is CC(C)CN(CC(=O)O)C(=O)c1cccc2ncccc12. The number of hydrogen-bond acceptors (Lipinski definition) is 3. The summed E-state index contributed by atoms with van der Waals surface area (Å²) in [7, 11) is 0. The highest BCUT2D eigenvalue weighted by Crippen LogP contribution is 2.18. The molecule has 0 aliphatic rings. The molecule has 1 amide bonds. The molecule has 1 heterocycles. The number of pyridine rings is 1. The van der Waals surface area contributed by atoms with Crippen molar-refractivity contribution in [2.45, 2.75) is 13.8 Å². The molecule has 1 aromatic heterocycles. The van der Waals surface area contributed by atoms with E-state index in [4.69, 9.17) is 5.11 Å². The number of nitrogens with zero attached hydrogens (tertiary/aromatic N) is 2. The van der Waals surface area contributed by atoms with Gasteiger partial charge < -0.3 is 10.0 Å². The van der Waals surface area contributed by atoms with E-state index in [1.54, 1.807) is 24.4 Å². The molecular weight excluding hydrogens is 268 g/mol. The van der Waals surface area contributed by atoms with E-state index in [-0.39, 0.29) is 18.4 Å². The number of carbonyl (C=O) groups excluding carboxylic acids is 1. The highest BCUT2D eigenvalue weighted by molar-refractivity contribution is 6.06. The van der Waals surface area contributed by atoms with Crippen LogP contribution >= 0.6 is 0 Å². The third kappa shape index (κ3) is 3.56. The molecule has 5 nitrogen and oxygen atoms in total. The Morgan fingerprint density at radius 3 is 2.67 bits per heavy atom. The van der Waals surface area contributed by atoms with Gasteiger partial charge in [0.1, 0.15) is 6.54 Å². The van der Waals surface area contributed by atoms with Crippen molar-refractivity contribution in [1.82, 2.24) is 9.88 Å². The van der Waals surface area contributed by atoms with E-state index in [1.807, 2.05) is 26.0 Å². The molecule has 0 fully saturated rings. The normalized spacial score (nSPS) is 10.8. The maximum Gasteiger partial charge on any atom is 0.323 e. The van der Waals surface area contributed by atoms with Crippen molar-refractivity contribution >= 4 is 22.8 Å². The summed E-state index contributed by atoms with van der Waals surface area (Å²) in [5.41, 5.74) is 1.21. The number of aromatic nitrogens is 1.